The molecule has 0 unspecified atom stereocenters. The van der Waals surface area contributed by atoms with Crippen LogP contribution in [0.3, 0.4) is 0 Å². The third-order valence-electron chi connectivity index (χ3n) is 4.27. The molecule has 0 spiro atoms. The quantitative estimate of drug-likeness (QED) is 0.288. The smallest absolute Gasteiger partial charge is 0.0458 e. The van der Waals surface area contributed by atoms with E-state index >= 15 is 0 Å². The van der Waals surface area contributed by atoms with Crippen LogP contribution in [-0.2, 0) is 5.41 Å². The van der Waals surface area contributed by atoms with Crippen LogP contribution in [0.5, 0.6) is 0 Å². The van der Waals surface area contributed by atoms with E-state index in [1.54, 1.807) is 0 Å². The number of benzene rings is 3. The second kappa shape index (κ2) is 7.10. The molecule has 0 saturated carbocycles. The molecule has 0 aromatic heterocycles. The van der Waals surface area contributed by atoms with Gasteiger partial charge in [-0.2, -0.15) is 0 Å². The van der Waals surface area contributed by atoms with Crippen LogP contribution in [0.1, 0.15) is 23.1 Å². The van der Waals surface area contributed by atoms with Gasteiger partial charge in [0.2, 0.25) is 0 Å². The molecule has 0 amide bonds. The molecule has 0 fully saturated rings. The molecular weight excluding hydrogens is 379 g/mol. The standard InChI is InChI=1S/C21H19I/c22-17-16-21(18-10-4-1-5-11-18,19-12-6-2-7-13-19)20-14-8-3-9-15-20/h1-15H,16-17H2. The summed E-state index contributed by atoms with van der Waals surface area (Å²) in [7, 11) is 0. The summed E-state index contributed by atoms with van der Waals surface area (Å²) in [4.78, 5) is 0. The summed E-state index contributed by atoms with van der Waals surface area (Å²) in [6.45, 7) is 0. The molecular formula is C21H19I. The second-order valence-corrected chi connectivity index (χ2v) is 6.52. The number of rotatable bonds is 5. The van der Waals surface area contributed by atoms with Crippen molar-refractivity contribution >= 4 is 22.6 Å². The third-order valence-corrected chi connectivity index (χ3v) is 4.81. The SMILES string of the molecule is ICCC(c1ccccc1)(c1ccccc1)c1ccccc1. The molecule has 0 aliphatic rings. The number of hydrogen-bond donors (Lipinski definition) is 0. The van der Waals surface area contributed by atoms with Gasteiger partial charge in [-0.3, -0.25) is 0 Å². The van der Waals surface area contributed by atoms with Crippen LogP contribution in [-0.4, -0.2) is 4.43 Å². The molecule has 0 saturated heterocycles. The Labute approximate surface area is 146 Å². The molecule has 0 bridgehead atoms. The summed E-state index contributed by atoms with van der Waals surface area (Å²) in [6, 6.07) is 32.7. The van der Waals surface area contributed by atoms with Gasteiger partial charge < -0.3 is 0 Å². The van der Waals surface area contributed by atoms with Crippen molar-refractivity contribution in [1.82, 2.24) is 0 Å². The maximum Gasteiger partial charge on any atom is 0.0458 e. The summed E-state index contributed by atoms with van der Waals surface area (Å²) in [6.07, 6.45) is 1.09. The van der Waals surface area contributed by atoms with Gasteiger partial charge in [0.1, 0.15) is 0 Å². The Morgan fingerprint density at radius 2 is 0.864 bits per heavy atom. The largest absolute Gasteiger partial charge is 0.0863 e. The number of hydrogen-bond acceptors (Lipinski definition) is 0. The van der Waals surface area contributed by atoms with Gasteiger partial charge in [0, 0.05) is 9.84 Å². The molecule has 0 atom stereocenters. The lowest BCUT2D eigenvalue weighted by Gasteiger charge is -2.35. The Morgan fingerprint density at radius 3 is 1.14 bits per heavy atom. The van der Waals surface area contributed by atoms with E-state index in [4.69, 9.17) is 0 Å². The molecule has 1 heteroatoms. The van der Waals surface area contributed by atoms with Gasteiger partial charge in [-0.25, -0.2) is 0 Å². The third kappa shape index (κ3) is 2.82. The van der Waals surface area contributed by atoms with Crippen LogP contribution in [0.15, 0.2) is 91.0 Å². The fourth-order valence-corrected chi connectivity index (χ4v) is 4.05. The number of halogens is 1. The lowest BCUT2D eigenvalue weighted by Crippen LogP contribution is -2.29. The molecule has 0 nitrogen and oxygen atoms in total. The van der Waals surface area contributed by atoms with Crippen molar-refractivity contribution in [2.75, 3.05) is 4.43 Å². The summed E-state index contributed by atoms with van der Waals surface area (Å²) in [5, 5.41) is 0. The van der Waals surface area contributed by atoms with E-state index in [1.165, 1.54) is 16.7 Å². The average molecular weight is 398 g/mol. The second-order valence-electron chi connectivity index (χ2n) is 5.44. The van der Waals surface area contributed by atoms with Crippen LogP contribution in [0, 0.1) is 0 Å². The Morgan fingerprint density at radius 1 is 0.545 bits per heavy atom. The van der Waals surface area contributed by atoms with Crippen LogP contribution >= 0.6 is 22.6 Å². The van der Waals surface area contributed by atoms with Crippen LogP contribution in [0.25, 0.3) is 0 Å². The molecule has 0 aliphatic heterocycles. The molecule has 22 heavy (non-hydrogen) atoms. The van der Waals surface area contributed by atoms with Crippen molar-refractivity contribution in [3.63, 3.8) is 0 Å². The van der Waals surface area contributed by atoms with Crippen molar-refractivity contribution in [1.29, 1.82) is 0 Å². The molecule has 3 aromatic rings. The Hall–Kier alpha value is -1.61. The monoisotopic (exact) mass is 398 g/mol. The summed E-state index contributed by atoms with van der Waals surface area (Å²) >= 11 is 2.49. The first kappa shape index (κ1) is 15.3. The highest BCUT2D eigenvalue weighted by Gasteiger charge is 2.35. The van der Waals surface area contributed by atoms with E-state index in [0.717, 1.165) is 10.8 Å². The highest BCUT2D eigenvalue weighted by Crippen LogP contribution is 2.42. The first-order chi connectivity index (χ1) is 10.9. The molecule has 3 aromatic carbocycles. The summed E-state index contributed by atoms with van der Waals surface area (Å²) in [5.74, 6) is 0. The van der Waals surface area contributed by atoms with E-state index in [0.29, 0.717) is 0 Å². The lowest BCUT2D eigenvalue weighted by atomic mass is 9.68. The summed E-state index contributed by atoms with van der Waals surface area (Å²) < 4.78 is 1.11. The topological polar surface area (TPSA) is 0 Å². The first-order valence-corrected chi connectivity index (χ1v) is 9.13. The van der Waals surface area contributed by atoms with Crippen molar-refractivity contribution in [2.24, 2.45) is 0 Å². The van der Waals surface area contributed by atoms with Crippen molar-refractivity contribution in [3.05, 3.63) is 108 Å². The highest BCUT2D eigenvalue weighted by atomic mass is 127. The van der Waals surface area contributed by atoms with Gasteiger partial charge in [0.15, 0.2) is 0 Å². The molecule has 0 N–H and O–H groups in total. The zero-order chi connectivity index (χ0) is 15.3. The molecule has 3 rings (SSSR count). The predicted octanol–water partition coefficient (Wildman–Crippen LogP) is 5.85. The van der Waals surface area contributed by atoms with Crippen molar-refractivity contribution in [3.8, 4) is 0 Å². The van der Waals surface area contributed by atoms with Gasteiger partial charge in [-0.1, -0.05) is 114 Å². The molecule has 0 aliphatic carbocycles. The van der Waals surface area contributed by atoms with Crippen LogP contribution in [0.4, 0.5) is 0 Å². The Balaban J connectivity index is 2.29. The van der Waals surface area contributed by atoms with E-state index in [2.05, 4.69) is 114 Å². The van der Waals surface area contributed by atoms with Gasteiger partial charge in [-0.05, 0) is 23.1 Å². The molecule has 110 valence electrons. The minimum Gasteiger partial charge on any atom is -0.0863 e. The fourth-order valence-electron chi connectivity index (χ4n) is 3.24. The van der Waals surface area contributed by atoms with Crippen molar-refractivity contribution < 1.29 is 0 Å². The zero-order valence-electron chi connectivity index (χ0n) is 12.5. The Bertz CT molecular complexity index is 593. The van der Waals surface area contributed by atoms with E-state index in [9.17, 15) is 0 Å². The first-order valence-electron chi connectivity index (χ1n) is 7.60. The molecule has 0 radical (unpaired) electrons. The Kier molecular flexibility index (Phi) is 4.94. The van der Waals surface area contributed by atoms with Crippen molar-refractivity contribution in [2.45, 2.75) is 11.8 Å². The minimum atomic E-state index is -0.0784. The molecule has 0 heterocycles. The highest BCUT2D eigenvalue weighted by molar-refractivity contribution is 14.1. The summed E-state index contributed by atoms with van der Waals surface area (Å²) in [5.41, 5.74) is 4.02. The minimum absolute atomic E-state index is 0.0784. The van der Waals surface area contributed by atoms with E-state index in [1.807, 2.05) is 0 Å². The van der Waals surface area contributed by atoms with Gasteiger partial charge in [0.25, 0.3) is 0 Å². The maximum absolute atomic E-state index is 2.49. The average Bonchev–Trinajstić information content (AvgIpc) is 2.62. The van der Waals surface area contributed by atoms with Crippen LogP contribution < -0.4 is 0 Å². The normalized spacial score (nSPS) is 11.3. The van der Waals surface area contributed by atoms with Gasteiger partial charge in [-0.15, -0.1) is 0 Å². The van der Waals surface area contributed by atoms with Crippen LogP contribution in [0.2, 0.25) is 0 Å². The fraction of sp³-hybridized carbons (Fsp3) is 0.143. The zero-order valence-corrected chi connectivity index (χ0v) is 14.6. The predicted molar refractivity (Wildman–Crippen MR) is 103 cm³/mol. The van der Waals surface area contributed by atoms with Gasteiger partial charge >= 0.3 is 0 Å². The maximum atomic E-state index is 2.49. The van der Waals surface area contributed by atoms with E-state index < -0.39 is 0 Å². The number of alkyl halides is 1. The van der Waals surface area contributed by atoms with Gasteiger partial charge in [0.05, 0.1) is 0 Å². The van der Waals surface area contributed by atoms with E-state index in [-0.39, 0.29) is 5.41 Å². The lowest BCUT2D eigenvalue weighted by molar-refractivity contribution is 0.603.